The van der Waals surface area contributed by atoms with Crippen LogP contribution in [0.3, 0.4) is 0 Å². The zero-order valence-electron chi connectivity index (χ0n) is 13.8. The van der Waals surface area contributed by atoms with Crippen LogP contribution in [0.15, 0.2) is 76.2 Å². The van der Waals surface area contributed by atoms with Crippen molar-refractivity contribution >= 4 is 26.0 Å². The van der Waals surface area contributed by atoms with Crippen LogP contribution >= 0.6 is 15.9 Å². The maximum absolute atomic E-state index is 12.4. The second-order valence-electron chi connectivity index (χ2n) is 5.89. The molecular formula is C19H19BrN2O2S. The van der Waals surface area contributed by atoms with Gasteiger partial charge in [-0.1, -0.05) is 45.8 Å². The molecule has 0 radical (unpaired) electrons. The fourth-order valence-electron chi connectivity index (χ4n) is 2.52. The molecule has 4 nitrogen and oxygen atoms in total. The first-order valence-electron chi connectivity index (χ1n) is 7.89. The van der Waals surface area contributed by atoms with Crippen molar-refractivity contribution < 1.29 is 8.42 Å². The molecule has 1 heterocycles. The summed E-state index contributed by atoms with van der Waals surface area (Å²) < 4.78 is 30.4. The lowest BCUT2D eigenvalue weighted by Crippen LogP contribution is -2.24. The molecule has 6 heteroatoms. The average Bonchev–Trinajstić information content (AvgIpc) is 3.03. The quantitative estimate of drug-likeness (QED) is 0.655. The number of nitrogens with one attached hydrogen (secondary N) is 1. The third-order valence-electron chi connectivity index (χ3n) is 3.96. The highest BCUT2D eigenvalue weighted by Crippen LogP contribution is 2.15. The number of rotatable bonds is 6. The Kier molecular flexibility index (Phi) is 5.42. The second kappa shape index (κ2) is 7.56. The molecule has 2 aromatic carbocycles. The monoisotopic (exact) mass is 418 g/mol. The summed E-state index contributed by atoms with van der Waals surface area (Å²) in [7, 11) is -3.53. The first-order valence-corrected chi connectivity index (χ1v) is 10.2. The normalized spacial score (nSPS) is 11.6. The molecule has 0 aliphatic rings. The molecular weight excluding hydrogens is 400 g/mol. The molecule has 0 aliphatic carbocycles. The highest BCUT2D eigenvalue weighted by molar-refractivity contribution is 9.10. The minimum absolute atomic E-state index is 0.247. The number of benzene rings is 2. The minimum Gasteiger partial charge on any atom is -0.346 e. The second-order valence-corrected chi connectivity index (χ2v) is 8.57. The van der Waals surface area contributed by atoms with Gasteiger partial charge in [0.1, 0.15) is 0 Å². The molecule has 0 amide bonds. The molecule has 0 fully saturated rings. The lowest BCUT2D eigenvalue weighted by Gasteiger charge is -2.11. The van der Waals surface area contributed by atoms with E-state index in [0.717, 1.165) is 10.2 Å². The van der Waals surface area contributed by atoms with E-state index >= 15 is 0 Å². The lowest BCUT2D eigenvalue weighted by molar-refractivity contribution is 0.578. The molecule has 1 aromatic heterocycles. The Balaban J connectivity index is 1.71. The molecule has 0 spiro atoms. The van der Waals surface area contributed by atoms with Gasteiger partial charge in [-0.3, -0.25) is 0 Å². The van der Waals surface area contributed by atoms with E-state index in [4.69, 9.17) is 0 Å². The van der Waals surface area contributed by atoms with Gasteiger partial charge in [-0.15, -0.1) is 0 Å². The number of aryl methyl sites for hydroxylation is 1. The number of nitrogens with zero attached hydrogens (tertiary/aromatic N) is 1. The van der Waals surface area contributed by atoms with E-state index in [1.807, 2.05) is 18.3 Å². The topological polar surface area (TPSA) is 51.1 Å². The van der Waals surface area contributed by atoms with Crippen molar-refractivity contribution in [3.05, 3.63) is 88.2 Å². The molecule has 0 bridgehead atoms. The molecule has 0 unspecified atom stereocenters. The van der Waals surface area contributed by atoms with E-state index in [2.05, 4.69) is 56.4 Å². The van der Waals surface area contributed by atoms with Crippen molar-refractivity contribution in [1.82, 2.24) is 9.29 Å². The first-order chi connectivity index (χ1) is 11.9. The van der Waals surface area contributed by atoms with E-state index < -0.39 is 10.0 Å². The van der Waals surface area contributed by atoms with Gasteiger partial charge in [-0.25, -0.2) is 13.1 Å². The van der Waals surface area contributed by atoms with Gasteiger partial charge < -0.3 is 4.57 Å². The van der Waals surface area contributed by atoms with Gasteiger partial charge in [0.25, 0.3) is 0 Å². The molecule has 3 rings (SSSR count). The van der Waals surface area contributed by atoms with Crippen LogP contribution in [0.25, 0.3) is 0 Å². The third kappa shape index (κ3) is 4.60. The van der Waals surface area contributed by atoms with Crippen LogP contribution < -0.4 is 4.72 Å². The van der Waals surface area contributed by atoms with Crippen molar-refractivity contribution in [2.45, 2.75) is 24.9 Å². The lowest BCUT2D eigenvalue weighted by atomic mass is 10.1. The van der Waals surface area contributed by atoms with Crippen LogP contribution in [0.5, 0.6) is 0 Å². The summed E-state index contributed by atoms with van der Waals surface area (Å²) in [5, 5.41) is 0. The maximum atomic E-state index is 12.4. The molecule has 3 aromatic rings. The van der Waals surface area contributed by atoms with Crippen LogP contribution in [0.4, 0.5) is 0 Å². The number of halogens is 1. The van der Waals surface area contributed by atoms with Gasteiger partial charge in [0.2, 0.25) is 10.0 Å². The van der Waals surface area contributed by atoms with Crippen LogP contribution in [0.1, 0.15) is 16.8 Å². The van der Waals surface area contributed by atoms with Crippen LogP contribution in [0, 0.1) is 6.92 Å². The number of hydrogen-bond acceptors (Lipinski definition) is 2. The maximum Gasteiger partial charge on any atom is 0.240 e. The summed E-state index contributed by atoms with van der Waals surface area (Å²) in [6.07, 6.45) is 1.96. The van der Waals surface area contributed by atoms with Crippen LogP contribution in [0.2, 0.25) is 0 Å². The van der Waals surface area contributed by atoms with Crippen molar-refractivity contribution in [3.63, 3.8) is 0 Å². The van der Waals surface area contributed by atoms with Crippen LogP contribution in [-0.4, -0.2) is 13.0 Å². The van der Waals surface area contributed by atoms with E-state index in [9.17, 15) is 8.42 Å². The Morgan fingerprint density at radius 3 is 2.36 bits per heavy atom. The molecule has 0 atom stereocenters. The number of hydrogen-bond donors (Lipinski definition) is 1. The van der Waals surface area contributed by atoms with Gasteiger partial charge in [0, 0.05) is 22.9 Å². The van der Waals surface area contributed by atoms with Crippen molar-refractivity contribution in [3.8, 4) is 0 Å². The van der Waals surface area contributed by atoms with E-state index in [1.54, 1.807) is 24.3 Å². The third-order valence-corrected chi connectivity index (χ3v) is 5.91. The fourth-order valence-corrected chi connectivity index (χ4v) is 3.78. The molecule has 0 saturated heterocycles. The Hall–Kier alpha value is -1.89. The Labute approximate surface area is 156 Å². The number of aromatic nitrogens is 1. The Bertz CT molecular complexity index is 946. The molecule has 1 N–H and O–H groups in total. The van der Waals surface area contributed by atoms with Gasteiger partial charge in [0.05, 0.1) is 11.4 Å². The smallest absolute Gasteiger partial charge is 0.240 e. The van der Waals surface area contributed by atoms with Gasteiger partial charge in [0.15, 0.2) is 0 Å². The van der Waals surface area contributed by atoms with E-state index in [1.165, 1.54) is 11.1 Å². The molecule has 0 aliphatic heterocycles. The SMILES string of the molecule is Cc1ccc(Cn2cccc2CNS(=O)(=O)c2ccc(Br)cc2)cc1. The Morgan fingerprint density at radius 2 is 1.68 bits per heavy atom. The van der Waals surface area contributed by atoms with Gasteiger partial charge in [-0.05, 0) is 48.9 Å². The van der Waals surface area contributed by atoms with Gasteiger partial charge in [-0.2, -0.15) is 0 Å². The highest BCUT2D eigenvalue weighted by Gasteiger charge is 2.14. The summed E-state index contributed by atoms with van der Waals surface area (Å²) >= 11 is 3.31. The number of sulfonamides is 1. The first kappa shape index (κ1) is 17.9. The summed E-state index contributed by atoms with van der Waals surface area (Å²) in [5.74, 6) is 0. The van der Waals surface area contributed by atoms with Crippen LogP contribution in [-0.2, 0) is 23.1 Å². The Morgan fingerprint density at radius 1 is 1.00 bits per heavy atom. The summed E-state index contributed by atoms with van der Waals surface area (Å²) in [4.78, 5) is 0.257. The average molecular weight is 419 g/mol. The molecule has 0 saturated carbocycles. The summed E-state index contributed by atoms with van der Waals surface area (Å²) in [5.41, 5.74) is 3.32. The highest BCUT2D eigenvalue weighted by atomic mass is 79.9. The predicted octanol–water partition coefficient (Wildman–Crippen LogP) is 4.09. The largest absolute Gasteiger partial charge is 0.346 e. The van der Waals surface area contributed by atoms with Crippen molar-refractivity contribution in [2.75, 3.05) is 0 Å². The van der Waals surface area contributed by atoms with E-state index in [-0.39, 0.29) is 11.4 Å². The zero-order chi connectivity index (χ0) is 17.9. The van der Waals surface area contributed by atoms with Crippen molar-refractivity contribution in [2.24, 2.45) is 0 Å². The molecule has 130 valence electrons. The standard InChI is InChI=1S/C19H19BrN2O2S/c1-15-4-6-16(7-5-15)14-22-12-2-3-18(22)13-21-25(23,24)19-10-8-17(20)9-11-19/h2-12,21H,13-14H2,1H3. The molecule has 25 heavy (non-hydrogen) atoms. The van der Waals surface area contributed by atoms with E-state index in [0.29, 0.717) is 6.54 Å². The minimum atomic E-state index is -3.53. The predicted molar refractivity (Wildman–Crippen MR) is 103 cm³/mol. The zero-order valence-corrected chi connectivity index (χ0v) is 16.2. The van der Waals surface area contributed by atoms with Crippen molar-refractivity contribution in [1.29, 1.82) is 0 Å². The summed E-state index contributed by atoms with van der Waals surface area (Å²) in [6, 6.07) is 18.8. The van der Waals surface area contributed by atoms with Gasteiger partial charge >= 0.3 is 0 Å². The fraction of sp³-hybridized carbons (Fsp3) is 0.158. The summed E-state index contributed by atoms with van der Waals surface area (Å²) in [6.45, 7) is 3.02.